The second-order valence-electron chi connectivity index (χ2n) is 5.95. The molecule has 0 amide bonds. The fourth-order valence-corrected chi connectivity index (χ4v) is 2.48. The summed E-state index contributed by atoms with van der Waals surface area (Å²) in [6, 6.07) is 6.07. The van der Waals surface area contributed by atoms with Gasteiger partial charge in [-0.2, -0.15) is 5.10 Å². The molecule has 1 heterocycles. The van der Waals surface area contributed by atoms with E-state index in [1.165, 1.54) is 0 Å². The van der Waals surface area contributed by atoms with Crippen LogP contribution in [0.2, 0.25) is 18.1 Å². The summed E-state index contributed by atoms with van der Waals surface area (Å²) in [7, 11) is -1.78. The van der Waals surface area contributed by atoms with Crippen LogP contribution in [0.3, 0.4) is 0 Å². The Morgan fingerprint density at radius 2 is 1.94 bits per heavy atom. The number of nitrogens with one attached hydrogen (secondary N) is 1. The van der Waals surface area contributed by atoms with E-state index < -0.39 is 8.32 Å². The Bertz CT molecular complexity index is 525. The number of para-hydroxylation sites is 1. The van der Waals surface area contributed by atoms with Crippen LogP contribution in [0.15, 0.2) is 24.4 Å². The van der Waals surface area contributed by atoms with Crippen LogP contribution >= 0.6 is 0 Å². The lowest BCUT2D eigenvalue weighted by molar-refractivity contribution is 0.495. The van der Waals surface area contributed by atoms with Gasteiger partial charge in [-0.05, 0) is 24.2 Å². The number of rotatable bonds is 2. The summed E-state index contributed by atoms with van der Waals surface area (Å²) in [6.45, 7) is 11.2. The van der Waals surface area contributed by atoms with Crippen molar-refractivity contribution >= 4 is 19.2 Å². The highest BCUT2D eigenvalue weighted by molar-refractivity contribution is 6.74. The number of nitrogens with zero attached hydrogens (tertiary/aromatic N) is 1. The quantitative estimate of drug-likeness (QED) is 0.817. The standard InChI is InChI=1S/C13H20N2OSi/c1-13(2,3)17(4,5)16-11-8-6-7-10-9-14-15-12(10)11/h6-9H,1-5H3,(H,14,15). The molecule has 0 radical (unpaired) electrons. The summed E-state index contributed by atoms with van der Waals surface area (Å²) < 4.78 is 6.31. The minimum Gasteiger partial charge on any atom is -0.542 e. The summed E-state index contributed by atoms with van der Waals surface area (Å²) in [6.07, 6.45) is 1.83. The van der Waals surface area contributed by atoms with Crippen LogP contribution in [0, 0.1) is 0 Å². The van der Waals surface area contributed by atoms with Crippen molar-refractivity contribution < 1.29 is 4.43 Å². The summed E-state index contributed by atoms with van der Waals surface area (Å²) in [5, 5.41) is 8.38. The molecule has 1 aromatic heterocycles. The third kappa shape index (κ3) is 2.22. The van der Waals surface area contributed by atoms with Crippen LogP contribution in [0.1, 0.15) is 20.8 Å². The Morgan fingerprint density at radius 1 is 1.24 bits per heavy atom. The Balaban J connectivity index is 2.39. The molecular formula is C13H20N2OSi. The Hall–Kier alpha value is -1.29. The number of hydrogen-bond donors (Lipinski definition) is 1. The molecule has 1 N–H and O–H groups in total. The molecule has 1 aromatic carbocycles. The van der Waals surface area contributed by atoms with Gasteiger partial charge in [-0.3, -0.25) is 5.10 Å². The molecule has 0 saturated heterocycles. The van der Waals surface area contributed by atoms with Gasteiger partial charge in [0.25, 0.3) is 8.32 Å². The molecule has 3 nitrogen and oxygen atoms in total. The Labute approximate surface area is 103 Å². The first kappa shape index (κ1) is 12.2. The maximum Gasteiger partial charge on any atom is 0.250 e. The highest BCUT2D eigenvalue weighted by Gasteiger charge is 2.39. The average Bonchev–Trinajstić information content (AvgIpc) is 2.64. The van der Waals surface area contributed by atoms with E-state index in [1.807, 2.05) is 24.4 Å². The van der Waals surface area contributed by atoms with Gasteiger partial charge in [0.15, 0.2) is 0 Å². The van der Waals surface area contributed by atoms with Crippen LogP contribution in [0.4, 0.5) is 0 Å². The minimum absolute atomic E-state index is 0.204. The minimum atomic E-state index is -1.78. The first-order valence-electron chi connectivity index (χ1n) is 5.92. The van der Waals surface area contributed by atoms with Crippen molar-refractivity contribution in [1.29, 1.82) is 0 Å². The van der Waals surface area contributed by atoms with E-state index in [0.29, 0.717) is 0 Å². The van der Waals surface area contributed by atoms with Gasteiger partial charge >= 0.3 is 0 Å². The largest absolute Gasteiger partial charge is 0.542 e. The normalized spacial score (nSPS) is 13.0. The first-order valence-corrected chi connectivity index (χ1v) is 8.83. The van der Waals surface area contributed by atoms with Gasteiger partial charge in [0.05, 0.1) is 6.20 Å². The average molecular weight is 248 g/mol. The Kier molecular flexibility index (Phi) is 2.77. The maximum absolute atomic E-state index is 6.31. The number of fused-ring (bicyclic) bond motifs is 1. The smallest absolute Gasteiger partial charge is 0.250 e. The summed E-state index contributed by atoms with van der Waals surface area (Å²) in [4.78, 5) is 0. The van der Waals surface area contributed by atoms with Crippen molar-refractivity contribution in [3.63, 3.8) is 0 Å². The predicted octanol–water partition coefficient (Wildman–Crippen LogP) is 3.95. The van der Waals surface area contributed by atoms with Crippen molar-refractivity contribution in [2.45, 2.75) is 38.9 Å². The third-order valence-electron chi connectivity index (χ3n) is 3.61. The molecule has 4 heteroatoms. The summed E-state index contributed by atoms with van der Waals surface area (Å²) in [5.41, 5.74) is 0.998. The monoisotopic (exact) mass is 248 g/mol. The van der Waals surface area contributed by atoms with E-state index in [1.54, 1.807) is 0 Å². The van der Waals surface area contributed by atoms with Gasteiger partial charge in [-0.1, -0.05) is 32.9 Å². The number of aromatic amines is 1. The third-order valence-corrected chi connectivity index (χ3v) is 7.95. The summed E-state index contributed by atoms with van der Waals surface area (Å²) >= 11 is 0. The second kappa shape index (κ2) is 3.87. The van der Waals surface area contributed by atoms with E-state index >= 15 is 0 Å². The van der Waals surface area contributed by atoms with Crippen LogP contribution < -0.4 is 4.43 Å². The molecule has 2 aromatic rings. The molecule has 0 unspecified atom stereocenters. The van der Waals surface area contributed by atoms with E-state index in [2.05, 4.69) is 44.1 Å². The zero-order valence-corrected chi connectivity index (χ0v) is 12.2. The molecule has 0 spiro atoms. The lowest BCUT2D eigenvalue weighted by atomic mass is 10.2. The van der Waals surface area contributed by atoms with Crippen LogP contribution in [-0.2, 0) is 0 Å². The summed E-state index contributed by atoms with van der Waals surface area (Å²) in [5.74, 6) is 0.923. The maximum atomic E-state index is 6.31. The van der Waals surface area contributed by atoms with Crippen LogP contribution in [0.5, 0.6) is 5.75 Å². The van der Waals surface area contributed by atoms with Gasteiger partial charge in [0, 0.05) is 5.39 Å². The molecule has 2 rings (SSSR count). The first-order chi connectivity index (χ1) is 7.81. The van der Waals surface area contributed by atoms with E-state index in [9.17, 15) is 0 Å². The molecule has 92 valence electrons. The van der Waals surface area contributed by atoms with E-state index in [4.69, 9.17) is 4.43 Å². The molecular weight excluding hydrogens is 228 g/mol. The Morgan fingerprint density at radius 3 is 2.59 bits per heavy atom. The SMILES string of the molecule is CC(C)(C)[Si](C)(C)Oc1cccc2cn[nH]c12. The molecule has 0 fully saturated rings. The fourth-order valence-electron chi connectivity index (χ4n) is 1.45. The highest BCUT2D eigenvalue weighted by Crippen LogP contribution is 2.38. The fraction of sp³-hybridized carbons (Fsp3) is 0.462. The molecule has 0 bridgehead atoms. The zero-order valence-electron chi connectivity index (χ0n) is 11.2. The van der Waals surface area contributed by atoms with Crippen molar-refractivity contribution in [3.8, 4) is 5.75 Å². The van der Waals surface area contributed by atoms with Crippen molar-refractivity contribution in [1.82, 2.24) is 10.2 Å². The number of H-pyrrole nitrogens is 1. The van der Waals surface area contributed by atoms with Crippen LogP contribution in [-0.4, -0.2) is 18.5 Å². The van der Waals surface area contributed by atoms with Crippen LogP contribution in [0.25, 0.3) is 10.9 Å². The predicted molar refractivity (Wildman–Crippen MR) is 73.9 cm³/mol. The molecule has 17 heavy (non-hydrogen) atoms. The lowest BCUT2D eigenvalue weighted by Gasteiger charge is -2.36. The van der Waals surface area contributed by atoms with Gasteiger partial charge in [0.2, 0.25) is 0 Å². The van der Waals surface area contributed by atoms with Crippen molar-refractivity contribution in [2.24, 2.45) is 0 Å². The van der Waals surface area contributed by atoms with E-state index in [-0.39, 0.29) is 5.04 Å². The number of benzene rings is 1. The molecule has 0 aliphatic rings. The highest BCUT2D eigenvalue weighted by atomic mass is 28.4. The lowest BCUT2D eigenvalue weighted by Crippen LogP contribution is -2.43. The molecule has 0 saturated carbocycles. The zero-order chi connectivity index (χ0) is 12.7. The van der Waals surface area contributed by atoms with Crippen molar-refractivity contribution in [2.75, 3.05) is 0 Å². The van der Waals surface area contributed by atoms with E-state index in [0.717, 1.165) is 16.7 Å². The van der Waals surface area contributed by atoms with Gasteiger partial charge < -0.3 is 4.43 Å². The number of aromatic nitrogens is 2. The van der Waals surface area contributed by atoms with Gasteiger partial charge in [-0.25, -0.2) is 0 Å². The molecule has 0 aliphatic heterocycles. The molecule has 0 atom stereocenters. The second-order valence-corrected chi connectivity index (χ2v) is 10.7. The van der Waals surface area contributed by atoms with Crippen molar-refractivity contribution in [3.05, 3.63) is 24.4 Å². The van der Waals surface area contributed by atoms with Gasteiger partial charge in [-0.15, -0.1) is 0 Å². The van der Waals surface area contributed by atoms with Gasteiger partial charge in [0.1, 0.15) is 11.3 Å². The molecule has 0 aliphatic carbocycles. The number of hydrogen-bond acceptors (Lipinski definition) is 2. The topological polar surface area (TPSA) is 37.9 Å².